The van der Waals surface area contributed by atoms with E-state index in [-0.39, 0.29) is 6.71 Å². The van der Waals surface area contributed by atoms with Gasteiger partial charge in [-0.2, -0.15) is 0 Å². The number of thiophene rings is 2. The average molecular weight is 789 g/mol. The van der Waals surface area contributed by atoms with Gasteiger partial charge < -0.3 is 10.2 Å². The minimum atomic E-state index is 0.0190. The van der Waals surface area contributed by atoms with Crippen molar-refractivity contribution in [3.63, 3.8) is 0 Å². The highest BCUT2D eigenvalue weighted by Gasteiger charge is 2.42. The molecule has 1 aliphatic carbocycles. The van der Waals surface area contributed by atoms with Crippen molar-refractivity contribution >= 4 is 109 Å². The average Bonchev–Trinajstić information content (AvgIpc) is 3.85. The number of anilines is 4. The van der Waals surface area contributed by atoms with E-state index in [4.69, 9.17) is 0 Å². The molecule has 0 amide bonds. The first-order valence-electron chi connectivity index (χ1n) is 20.0. The Hall–Kier alpha value is -6.92. The van der Waals surface area contributed by atoms with Crippen LogP contribution in [-0.4, -0.2) is 6.71 Å². The third-order valence-corrected chi connectivity index (χ3v) is 13.9. The molecule has 4 heterocycles. The summed E-state index contributed by atoms with van der Waals surface area (Å²) in [6.07, 6.45) is 31.4. The van der Waals surface area contributed by atoms with E-state index in [1.54, 1.807) is 0 Å². The molecule has 0 atom stereocenters. The second-order valence-electron chi connectivity index (χ2n) is 14.9. The largest absolute Gasteiger partial charge is 0.355 e. The monoisotopic (exact) mass is 788 g/mol. The number of nitrogens with one attached hydrogen (secondary N) is 1. The fraction of sp³-hybridized carbons (Fsp3) is 0. The molecule has 11 rings (SSSR count). The normalized spacial score (nSPS) is 18.3. The number of allylic oxidation sites excluding steroid dienone is 16. The van der Waals surface area contributed by atoms with Gasteiger partial charge in [-0.15, -0.1) is 22.7 Å². The van der Waals surface area contributed by atoms with Gasteiger partial charge in [0.05, 0.1) is 20.8 Å². The predicted octanol–water partition coefficient (Wildman–Crippen LogP) is 13.5. The van der Waals surface area contributed by atoms with Gasteiger partial charge in [0.2, 0.25) is 0 Å². The zero-order valence-electron chi connectivity index (χ0n) is 32.2. The Kier molecular flexibility index (Phi) is 8.84. The standard InChI is InChI=1S/C54H37BN2S2/c1-2-3-20-38(36-21-12-9-7-5-4-6-8-10-13-22-36)35-57-47-34-39(37-23-14-11-15-24-37)33-46-50(47)55(45-32-30-43-41-26-17-19-28-49(41)59-54(43)52(45)57)44-31-29-42-40-25-16-18-27-48(40)58-53(42)51(44)56-46/h2-35,56H,1H2/b5-4-,6-4?,7-5?,8-6-,9-7+,10-8?,12-9?,13-10-,20-3-,21-12+,22-13?,36-21?,36-22+,38-35-. The molecule has 8 aromatic rings. The van der Waals surface area contributed by atoms with Gasteiger partial charge in [0.1, 0.15) is 0 Å². The van der Waals surface area contributed by atoms with E-state index in [2.05, 4.69) is 193 Å². The molecule has 0 bridgehead atoms. The van der Waals surface area contributed by atoms with E-state index in [9.17, 15) is 0 Å². The lowest BCUT2D eigenvalue weighted by Crippen LogP contribution is -2.60. The number of rotatable bonds is 5. The number of benzene rings is 6. The maximum atomic E-state index is 4.08. The molecule has 2 nitrogen and oxygen atoms in total. The SMILES string of the molecule is C=C\C=C/C(=C/N1c2cc(-c3ccccc3)cc3c2B(c2ccc4c(sc5ccccc54)c2N3)c2ccc3c(sc4ccccc43)c21)C1=C/C=C\C=C/C=C\C=C\C=C\1. The van der Waals surface area contributed by atoms with Gasteiger partial charge in [-0.1, -0.05) is 183 Å². The second-order valence-corrected chi connectivity index (χ2v) is 17.0. The Bertz CT molecular complexity index is 3270. The van der Waals surface area contributed by atoms with E-state index in [0.29, 0.717) is 0 Å². The zero-order valence-corrected chi connectivity index (χ0v) is 33.8. The van der Waals surface area contributed by atoms with Crippen LogP contribution in [0.4, 0.5) is 22.7 Å². The molecule has 0 spiro atoms. The van der Waals surface area contributed by atoms with Gasteiger partial charge in [-0.3, -0.25) is 0 Å². The number of hydrogen-bond acceptors (Lipinski definition) is 4. The molecule has 278 valence electrons. The molecule has 59 heavy (non-hydrogen) atoms. The lowest BCUT2D eigenvalue weighted by atomic mass is 9.33. The molecule has 6 aromatic carbocycles. The van der Waals surface area contributed by atoms with Crippen molar-refractivity contribution in [1.82, 2.24) is 0 Å². The fourth-order valence-electron chi connectivity index (χ4n) is 8.89. The van der Waals surface area contributed by atoms with E-state index in [1.165, 1.54) is 84.9 Å². The number of hydrogen-bond donors (Lipinski definition) is 1. The van der Waals surface area contributed by atoms with Gasteiger partial charge in [0.25, 0.3) is 6.71 Å². The van der Waals surface area contributed by atoms with Gasteiger partial charge in [0, 0.05) is 48.5 Å². The predicted molar refractivity (Wildman–Crippen MR) is 262 cm³/mol. The summed E-state index contributed by atoms with van der Waals surface area (Å²) in [5, 5.41) is 9.25. The Morgan fingerprint density at radius 2 is 1.25 bits per heavy atom. The van der Waals surface area contributed by atoms with Gasteiger partial charge >= 0.3 is 0 Å². The Balaban J connectivity index is 1.24. The first kappa shape index (κ1) is 35.3. The lowest BCUT2D eigenvalue weighted by Gasteiger charge is -2.40. The first-order valence-corrected chi connectivity index (χ1v) is 21.6. The molecule has 5 heteroatoms. The summed E-state index contributed by atoms with van der Waals surface area (Å²) in [4.78, 5) is 2.50. The molecule has 1 N–H and O–H groups in total. The molecular weight excluding hydrogens is 752 g/mol. The van der Waals surface area contributed by atoms with Crippen molar-refractivity contribution in [2.24, 2.45) is 0 Å². The minimum Gasteiger partial charge on any atom is -0.355 e. The smallest absolute Gasteiger partial charge is 0.252 e. The van der Waals surface area contributed by atoms with Gasteiger partial charge in [-0.05, 0) is 62.9 Å². The van der Waals surface area contributed by atoms with Crippen LogP contribution in [0.3, 0.4) is 0 Å². The lowest BCUT2D eigenvalue weighted by molar-refractivity contribution is 1.28. The Morgan fingerprint density at radius 3 is 2.00 bits per heavy atom. The second kappa shape index (κ2) is 14.8. The molecule has 2 aromatic heterocycles. The highest BCUT2D eigenvalue weighted by atomic mass is 32.1. The summed E-state index contributed by atoms with van der Waals surface area (Å²) in [6, 6.07) is 42.7. The van der Waals surface area contributed by atoms with Crippen LogP contribution in [0.1, 0.15) is 0 Å². The Morgan fingerprint density at radius 1 is 0.610 bits per heavy atom. The summed E-state index contributed by atoms with van der Waals surface area (Å²) in [5.74, 6) is 0. The van der Waals surface area contributed by atoms with Crippen LogP contribution < -0.4 is 26.6 Å². The highest BCUT2D eigenvalue weighted by molar-refractivity contribution is 7.27. The molecule has 0 saturated heterocycles. The van der Waals surface area contributed by atoms with Crippen molar-refractivity contribution in [2.45, 2.75) is 0 Å². The van der Waals surface area contributed by atoms with Crippen LogP contribution in [0, 0.1) is 0 Å². The molecular formula is C54H37BN2S2. The van der Waals surface area contributed by atoms with E-state index >= 15 is 0 Å². The van der Waals surface area contributed by atoms with Gasteiger partial charge in [0.15, 0.2) is 0 Å². The van der Waals surface area contributed by atoms with Crippen LogP contribution in [-0.2, 0) is 0 Å². The molecule has 0 saturated carbocycles. The maximum Gasteiger partial charge on any atom is 0.252 e. The van der Waals surface area contributed by atoms with Crippen LogP contribution in [0.5, 0.6) is 0 Å². The van der Waals surface area contributed by atoms with Crippen LogP contribution in [0.15, 0.2) is 224 Å². The van der Waals surface area contributed by atoms with Crippen molar-refractivity contribution in [2.75, 3.05) is 10.2 Å². The maximum absolute atomic E-state index is 4.08. The molecule has 3 aliphatic rings. The van der Waals surface area contributed by atoms with Crippen LogP contribution in [0.25, 0.3) is 51.5 Å². The molecule has 0 fully saturated rings. The fourth-order valence-corrected chi connectivity index (χ4v) is 11.4. The zero-order chi connectivity index (χ0) is 39.3. The number of nitrogens with zero attached hydrogens (tertiary/aromatic N) is 1. The van der Waals surface area contributed by atoms with Gasteiger partial charge in [-0.25, -0.2) is 0 Å². The molecule has 0 radical (unpaired) electrons. The third-order valence-electron chi connectivity index (χ3n) is 11.5. The summed E-state index contributed by atoms with van der Waals surface area (Å²) in [5.41, 5.74) is 13.2. The van der Waals surface area contributed by atoms with Crippen LogP contribution >= 0.6 is 22.7 Å². The molecule has 2 aliphatic heterocycles. The van der Waals surface area contributed by atoms with Crippen molar-refractivity contribution < 1.29 is 0 Å². The summed E-state index contributed by atoms with van der Waals surface area (Å²) >= 11 is 3.78. The van der Waals surface area contributed by atoms with Crippen molar-refractivity contribution in [3.05, 3.63) is 224 Å². The minimum absolute atomic E-state index is 0.0190. The summed E-state index contributed by atoms with van der Waals surface area (Å²) in [7, 11) is 0. The summed E-state index contributed by atoms with van der Waals surface area (Å²) in [6.45, 7) is 4.09. The van der Waals surface area contributed by atoms with E-state index in [0.717, 1.165) is 16.8 Å². The van der Waals surface area contributed by atoms with E-state index in [1.807, 2.05) is 53.1 Å². The number of fused-ring (bicyclic) bond motifs is 12. The van der Waals surface area contributed by atoms with Crippen molar-refractivity contribution in [1.29, 1.82) is 0 Å². The van der Waals surface area contributed by atoms with Crippen LogP contribution in [0.2, 0.25) is 0 Å². The Labute approximate surface area is 352 Å². The highest BCUT2D eigenvalue weighted by Crippen LogP contribution is 2.47. The topological polar surface area (TPSA) is 15.3 Å². The summed E-state index contributed by atoms with van der Waals surface area (Å²) < 4.78 is 5.19. The first-order chi connectivity index (χ1) is 29.2. The quantitative estimate of drug-likeness (QED) is 0.138. The molecule has 0 unspecified atom stereocenters. The third kappa shape index (κ3) is 6.01. The van der Waals surface area contributed by atoms with Crippen molar-refractivity contribution in [3.8, 4) is 11.1 Å². The van der Waals surface area contributed by atoms with E-state index < -0.39 is 0 Å².